The van der Waals surface area contributed by atoms with Gasteiger partial charge in [-0.3, -0.25) is 0 Å². The summed E-state index contributed by atoms with van der Waals surface area (Å²) in [5, 5.41) is 3.68. The van der Waals surface area contributed by atoms with Crippen LogP contribution in [0.3, 0.4) is 0 Å². The molecule has 2 aromatic rings. The number of rotatable bonds is 4. The van der Waals surface area contributed by atoms with Gasteiger partial charge in [0.15, 0.2) is 0 Å². The Morgan fingerprint density at radius 3 is 2.61 bits per heavy atom. The quantitative estimate of drug-likeness (QED) is 0.593. The molecule has 0 spiro atoms. The van der Waals surface area contributed by atoms with Gasteiger partial charge in [0.25, 0.3) is 0 Å². The minimum atomic E-state index is -0.440. The summed E-state index contributed by atoms with van der Waals surface area (Å²) in [6, 6.07) is 15.5. The van der Waals surface area contributed by atoms with Gasteiger partial charge in [0.2, 0.25) is 0 Å². The molecule has 3 rings (SSSR count). The number of hydrogen-bond donors (Lipinski definition) is 0. The van der Waals surface area contributed by atoms with Gasteiger partial charge in [-0.1, -0.05) is 51.4 Å². The van der Waals surface area contributed by atoms with Crippen LogP contribution in [-0.4, -0.2) is 11.7 Å². The molecule has 0 bridgehead atoms. The van der Waals surface area contributed by atoms with Gasteiger partial charge in [-0.2, -0.15) is 0 Å². The van der Waals surface area contributed by atoms with Crippen LogP contribution in [0.2, 0.25) is 0 Å². The van der Waals surface area contributed by atoms with E-state index < -0.39 is 5.97 Å². The maximum absolute atomic E-state index is 11.7. The number of hydrogen-bond acceptors (Lipinski definition) is 4. The van der Waals surface area contributed by atoms with E-state index in [1.807, 2.05) is 48.5 Å². The number of oxime groups is 1. The Kier molecular flexibility index (Phi) is 4.57. The monoisotopic (exact) mass is 371 g/mol. The first-order valence-electron chi connectivity index (χ1n) is 7.08. The van der Waals surface area contributed by atoms with Crippen LogP contribution in [-0.2, 0) is 16.2 Å². The fourth-order valence-electron chi connectivity index (χ4n) is 2.15. The predicted octanol–water partition coefficient (Wildman–Crippen LogP) is 4.34. The van der Waals surface area contributed by atoms with Crippen LogP contribution >= 0.6 is 15.9 Å². The van der Waals surface area contributed by atoms with Gasteiger partial charge in [-0.15, -0.1) is 0 Å². The zero-order valence-electron chi connectivity index (χ0n) is 12.5. The highest BCUT2D eigenvalue weighted by molar-refractivity contribution is 9.10. The Morgan fingerprint density at radius 1 is 1.17 bits per heavy atom. The largest absolute Gasteiger partial charge is 0.488 e. The van der Waals surface area contributed by atoms with Crippen LogP contribution in [0.1, 0.15) is 18.1 Å². The molecule has 0 fully saturated rings. The van der Waals surface area contributed by atoms with E-state index in [4.69, 9.17) is 4.74 Å². The summed E-state index contributed by atoms with van der Waals surface area (Å²) < 4.78 is 6.92. The highest BCUT2D eigenvalue weighted by Gasteiger charge is 2.22. The molecule has 0 aliphatic carbocycles. The normalized spacial score (nSPS) is 15.5. The van der Waals surface area contributed by atoms with Crippen molar-refractivity contribution in [2.45, 2.75) is 13.5 Å². The lowest BCUT2D eigenvalue weighted by Gasteiger charge is -2.09. The third-order valence-electron chi connectivity index (χ3n) is 3.40. The predicted molar refractivity (Wildman–Crippen MR) is 92.1 cm³/mol. The number of ether oxygens (including phenoxy) is 1. The third kappa shape index (κ3) is 3.68. The second-order valence-corrected chi connectivity index (χ2v) is 5.98. The van der Waals surface area contributed by atoms with Crippen molar-refractivity contribution in [3.05, 3.63) is 69.7 Å². The summed E-state index contributed by atoms with van der Waals surface area (Å²) in [5.74, 6) is 0.264. The van der Waals surface area contributed by atoms with Gasteiger partial charge < -0.3 is 9.57 Å². The van der Waals surface area contributed by atoms with Crippen LogP contribution < -0.4 is 4.74 Å². The van der Waals surface area contributed by atoms with Gasteiger partial charge in [-0.25, -0.2) is 4.79 Å². The first-order chi connectivity index (χ1) is 11.1. The molecule has 0 N–H and O–H groups in total. The molecule has 5 heteroatoms. The van der Waals surface area contributed by atoms with Crippen molar-refractivity contribution < 1.29 is 14.4 Å². The van der Waals surface area contributed by atoms with Crippen LogP contribution in [0.4, 0.5) is 0 Å². The Labute approximate surface area is 142 Å². The van der Waals surface area contributed by atoms with Crippen LogP contribution in [0.5, 0.6) is 5.75 Å². The molecular formula is C18H14BrNO3. The maximum atomic E-state index is 11.7. The standard InChI is InChI=1S/C18H14BrNO3/c1-12-16(18(21)23-20-12)10-14-4-2-3-5-17(14)22-11-13-6-8-15(19)9-7-13/h2-10H,11H2,1H3. The average molecular weight is 372 g/mol. The summed E-state index contributed by atoms with van der Waals surface area (Å²) in [6.45, 7) is 2.19. The molecule has 1 aliphatic heterocycles. The van der Waals surface area contributed by atoms with E-state index in [2.05, 4.69) is 25.9 Å². The zero-order chi connectivity index (χ0) is 16.2. The molecule has 0 atom stereocenters. The van der Waals surface area contributed by atoms with E-state index in [0.717, 1.165) is 15.6 Å². The zero-order valence-corrected chi connectivity index (χ0v) is 14.0. The van der Waals surface area contributed by atoms with Crippen LogP contribution in [0, 0.1) is 0 Å². The fraction of sp³-hybridized carbons (Fsp3) is 0.111. The van der Waals surface area contributed by atoms with Crippen LogP contribution in [0.15, 0.2) is 63.7 Å². The topological polar surface area (TPSA) is 47.9 Å². The summed E-state index contributed by atoms with van der Waals surface area (Å²) in [5.41, 5.74) is 2.89. The average Bonchev–Trinajstić information content (AvgIpc) is 2.87. The Hall–Kier alpha value is -2.40. The molecule has 0 amide bonds. The van der Waals surface area contributed by atoms with E-state index in [1.54, 1.807) is 13.0 Å². The molecule has 116 valence electrons. The minimum absolute atomic E-state index is 0.440. The van der Waals surface area contributed by atoms with Gasteiger partial charge in [0.1, 0.15) is 12.4 Å². The van der Waals surface area contributed by atoms with E-state index in [9.17, 15) is 4.79 Å². The number of halogens is 1. The van der Waals surface area contributed by atoms with Crippen molar-refractivity contribution in [3.8, 4) is 5.75 Å². The van der Waals surface area contributed by atoms with Gasteiger partial charge in [0, 0.05) is 10.0 Å². The lowest BCUT2D eigenvalue weighted by atomic mass is 10.1. The van der Waals surface area contributed by atoms with Gasteiger partial charge >= 0.3 is 5.97 Å². The minimum Gasteiger partial charge on any atom is -0.488 e. The molecule has 0 saturated heterocycles. The molecule has 0 radical (unpaired) electrons. The maximum Gasteiger partial charge on any atom is 0.367 e. The number of carbonyl (C=O) groups excluding carboxylic acids is 1. The second kappa shape index (κ2) is 6.79. The van der Waals surface area contributed by atoms with E-state index in [1.165, 1.54) is 0 Å². The number of benzene rings is 2. The Balaban J connectivity index is 1.81. The third-order valence-corrected chi connectivity index (χ3v) is 3.93. The highest BCUT2D eigenvalue weighted by atomic mass is 79.9. The van der Waals surface area contributed by atoms with Gasteiger partial charge in [0.05, 0.1) is 11.3 Å². The van der Waals surface area contributed by atoms with Crippen molar-refractivity contribution in [2.24, 2.45) is 5.16 Å². The lowest BCUT2D eigenvalue weighted by Crippen LogP contribution is -2.02. The van der Waals surface area contributed by atoms with Crippen molar-refractivity contribution >= 4 is 33.7 Å². The molecule has 23 heavy (non-hydrogen) atoms. The Bertz CT molecular complexity index is 794. The SMILES string of the molecule is CC1=NOC(=O)C1=Cc1ccccc1OCc1ccc(Br)cc1. The van der Waals surface area contributed by atoms with Crippen LogP contribution in [0.25, 0.3) is 6.08 Å². The molecule has 2 aromatic carbocycles. The molecule has 0 aromatic heterocycles. The van der Waals surface area contributed by atoms with Crippen molar-refractivity contribution in [1.82, 2.24) is 0 Å². The first kappa shape index (κ1) is 15.5. The molecule has 1 aliphatic rings. The molecule has 1 heterocycles. The summed E-state index contributed by atoms with van der Waals surface area (Å²) in [7, 11) is 0. The van der Waals surface area contributed by atoms with Gasteiger partial charge in [-0.05, 0) is 36.8 Å². The second-order valence-electron chi connectivity index (χ2n) is 5.07. The highest BCUT2D eigenvalue weighted by Crippen LogP contribution is 2.24. The van der Waals surface area contributed by atoms with Crippen molar-refractivity contribution in [3.63, 3.8) is 0 Å². The van der Waals surface area contributed by atoms with E-state index in [-0.39, 0.29) is 0 Å². The molecule has 0 unspecified atom stereocenters. The summed E-state index contributed by atoms with van der Waals surface area (Å²) in [6.07, 6.45) is 1.74. The first-order valence-corrected chi connectivity index (χ1v) is 7.87. The van der Waals surface area contributed by atoms with E-state index >= 15 is 0 Å². The smallest absolute Gasteiger partial charge is 0.367 e. The van der Waals surface area contributed by atoms with Crippen molar-refractivity contribution in [1.29, 1.82) is 0 Å². The molecule has 0 saturated carbocycles. The Morgan fingerprint density at radius 2 is 1.91 bits per heavy atom. The fourth-order valence-corrected chi connectivity index (χ4v) is 2.41. The summed E-state index contributed by atoms with van der Waals surface area (Å²) >= 11 is 3.41. The number of carbonyl (C=O) groups is 1. The van der Waals surface area contributed by atoms with Crippen molar-refractivity contribution in [2.75, 3.05) is 0 Å². The molecule has 4 nitrogen and oxygen atoms in total. The number of nitrogens with zero attached hydrogens (tertiary/aromatic N) is 1. The molecular weight excluding hydrogens is 358 g/mol. The number of para-hydroxylation sites is 1. The van der Waals surface area contributed by atoms with E-state index in [0.29, 0.717) is 23.6 Å². The lowest BCUT2D eigenvalue weighted by molar-refractivity contribution is -0.136. The summed E-state index contributed by atoms with van der Waals surface area (Å²) in [4.78, 5) is 16.3.